The van der Waals surface area contributed by atoms with E-state index < -0.39 is 5.24 Å². The summed E-state index contributed by atoms with van der Waals surface area (Å²) < 4.78 is 13.5. The van der Waals surface area contributed by atoms with Gasteiger partial charge in [0.15, 0.2) is 0 Å². The number of nitrogens with zero attached hydrogens (tertiary/aromatic N) is 1. The van der Waals surface area contributed by atoms with Crippen molar-refractivity contribution < 1.29 is 9.00 Å². The molecule has 0 aliphatic heterocycles. The molecular weight excluding hydrogens is 233 g/mol. The van der Waals surface area contributed by atoms with Crippen molar-refractivity contribution in [1.29, 1.82) is 0 Å². The van der Waals surface area contributed by atoms with Crippen molar-refractivity contribution in [3.8, 4) is 0 Å². The highest BCUT2D eigenvalue weighted by molar-refractivity contribution is 7.54. The van der Waals surface area contributed by atoms with Crippen molar-refractivity contribution >= 4 is 45.6 Å². The van der Waals surface area contributed by atoms with Crippen LogP contribution in [0.2, 0.25) is 5.02 Å². The lowest BCUT2D eigenvalue weighted by atomic mass is 10.2. The molecule has 0 fully saturated rings. The highest BCUT2D eigenvalue weighted by Gasteiger charge is 2.07. The van der Waals surface area contributed by atoms with Crippen molar-refractivity contribution in [3.63, 3.8) is 0 Å². The van der Waals surface area contributed by atoms with E-state index in [-0.39, 0.29) is 22.0 Å². The van der Waals surface area contributed by atoms with Crippen LogP contribution in [-0.4, -0.2) is 9.45 Å². The molecule has 1 rings (SSSR count). The zero-order chi connectivity index (χ0) is 9.84. The van der Waals surface area contributed by atoms with Crippen LogP contribution in [0.3, 0.4) is 0 Å². The molecule has 0 spiro atoms. The van der Waals surface area contributed by atoms with E-state index in [2.05, 4.69) is 4.36 Å². The minimum atomic E-state index is -0.669. The third-order valence-electron chi connectivity index (χ3n) is 1.30. The Labute approximate surface area is 87.9 Å². The normalized spacial score (nSPS) is 9.38. The molecule has 1 aromatic carbocycles. The molecular formula is C7H3Cl2NO2S. The fraction of sp³-hybridized carbons (Fsp3) is 0. The van der Waals surface area contributed by atoms with E-state index in [0.29, 0.717) is 5.69 Å². The molecule has 0 aromatic heterocycles. The van der Waals surface area contributed by atoms with E-state index in [1.165, 1.54) is 18.2 Å². The second kappa shape index (κ2) is 4.50. The fourth-order valence-corrected chi connectivity index (χ4v) is 1.37. The van der Waals surface area contributed by atoms with Gasteiger partial charge in [-0.25, -0.2) is 0 Å². The Hall–Kier alpha value is -0.710. The van der Waals surface area contributed by atoms with Crippen molar-refractivity contribution in [1.82, 2.24) is 0 Å². The molecule has 0 saturated carbocycles. The molecule has 68 valence electrons. The number of rotatable bonds is 2. The van der Waals surface area contributed by atoms with Gasteiger partial charge in [-0.15, -0.1) is 0 Å². The van der Waals surface area contributed by atoms with Crippen LogP contribution in [0.15, 0.2) is 22.6 Å². The van der Waals surface area contributed by atoms with Crippen LogP contribution in [-0.2, 0) is 11.5 Å². The van der Waals surface area contributed by atoms with Crippen LogP contribution in [0.1, 0.15) is 10.4 Å². The number of hydrogen-bond donors (Lipinski definition) is 0. The standard InChI is InChI=1S/C7H3Cl2NO2S/c8-6-2-1-4(10-13-12)3-5(6)7(9)11/h1-3H. The molecule has 0 bridgehead atoms. The largest absolute Gasteiger partial charge is 0.276 e. The van der Waals surface area contributed by atoms with E-state index in [9.17, 15) is 9.00 Å². The van der Waals surface area contributed by atoms with Gasteiger partial charge in [0.05, 0.1) is 16.3 Å². The van der Waals surface area contributed by atoms with Crippen LogP contribution in [0.25, 0.3) is 0 Å². The summed E-state index contributed by atoms with van der Waals surface area (Å²) in [5, 5.41) is -0.423. The molecule has 0 radical (unpaired) electrons. The van der Waals surface area contributed by atoms with Crippen molar-refractivity contribution in [2.75, 3.05) is 0 Å². The highest BCUT2D eigenvalue weighted by Crippen LogP contribution is 2.23. The van der Waals surface area contributed by atoms with Crippen molar-refractivity contribution in [2.45, 2.75) is 0 Å². The second-order valence-corrected chi connectivity index (χ2v) is 3.19. The second-order valence-electron chi connectivity index (χ2n) is 2.10. The van der Waals surface area contributed by atoms with Crippen LogP contribution in [0.4, 0.5) is 5.69 Å². The van der Waals surface area contributed by atoms with Crippen LogP contribution >= 0.6 is 23.2 Å². The monoisotopic (exact) mass is 235 g/mol. The Balaban J connectivity index is 3.26. The van der Waals surface area contributed by atoms with Gasteiger partial charge in [-0.2, -0.15) is 8.57 Å². The summed E-state index contributed by atoms with van der Waals surface area (Å²) in [7, 11) is 0. The minimum absolute atomic E-state index is 0.0585. The van der Waals surface area contributed by atoms with Gasteiger partial charge >= 0.3 is 0 Å². The molecule has 0 N–H and O–H groups in total. The first kappa shape index (κ1) is 10.4. The quantitative estimate of drug-likeness (QED) is 0.741. The van der Waals surface area contributed by atoms with Crippen molar-refractivity contribution in [2.24, 2.45) is 4.36 Å². The molecule has 1 aromatic rings. The van der Waals surface area contributed by atoms with Gasteiger partial charge in [0.1, 0.15) is 0 Å². The molecule has 0 aliphatic rings. The maximum Gasteiger partial charge on any atom is 0.253 e. The number of carbonyl (C=O) groups excluding carboxylic acids is 1. The summed E-state index contributed by atoms with van der Waals surface area (Å²) in [5.41, 5.74) is 0.520. The third-order valence-corrected chi connectivity index (χ3v) is 2.12. The van der Waals surface area contributed by atoms with Crippen molar-refractivity contribution in [3.05, 3.63) is 28.8 Å². The number of benzene rings is 1. The first-order chi connectivity index (χ1) is 6.15. The van der Waals surface area contributed by atoms with E-state index in [1.807, 2.05) is 0 Å². The fourth-order valence-electron chi connectivity index (χ4n) is 0.764. The van der Waals surface area contributed by atoms with Gasteiger partial charge < -0.3 is 0 Å². The minimum Gasteiger partial charge on any atom is -0.276 e. The number of halogens is 2. The van der Waals surface area contributed by atoms with Gasteiger partial charge in [0.2, 0.25) is 11.5 Å². The zero-order valence-corrected chi connectivity index (χ0v) is 8.49. The van der Waals surface area contributed by atoms with Gasteiger partial charge in [0.25, 0.3) is 5.24 Å². The summed E-state index contributed by atoms with van der Waals surface area (Å²) >= 11 is 10.9. The third kappa shape index (κ3) is 2.62. The van der Waals surface area contributed by atoms with E-state index in [1.54, 1.807) is 0 Å². The molecule has 0 aliphatic carbocycles. The van der Waals surface area contributed by atoms with Crippen LogP contribution in [0.5, 0.6) is 0 Å². The zero-order valence-electron chi connectivity index (χ0n) is 6.16. The van der Waals surface area contributed by atoms with E-state index >= 15 is 0 Å². The summed E-state index contributed by atoms with van der Waals surface area (Å²) in [6.45, 7) is 0. The number of hydrogen-bond acceptors (Lipinski definition) is 3. The Morgan fingerprint density at radius 1 is 1.46 bits per heavy atom. The predicted molar refractivity (Wildman–Crippen MR) is 51.9 cm³/mol. The average molecular weight is 236 g/mol. The summed E-state index contributed by atoms with van der Waals surface area (Å²) in [4.78, 5) is 10.8. The van der Waals surface area contributed by atoms with Gasteiger partial charge in [-0.3, -0.25) is 4.79 Å². The number of carbonyl (C=O) groups is 1. The first-order valence-electron chi connectivity index (χ1n) is 3.14. The highest BCUT2D eigenvalue weighted by atomic mass is 35.5. The maximum atomic E-state index is 10.8. The Morgan fingerprint density at radius 3 is 2.69 bits per heavy atom. The summed E-state index contributed by atoms with van der Waals surface area (Å²) in [5.74, 6) is 0. The van der Waals surface area contributed by atoms with Crippen LogP contribution in [0, 0.1) is 0 Å². The Morgan fingerprint density at radius 2 is 2.15 bits per heavy atom. The molecule has 0 amide bonds. The Kier molecular flexibility index (Phi) is 3.59. The smallest absolute Gasteiger partial charge is 0.253 e. The topological polar surface area (TPSA) is 46.5 Å². The molecule has 0 heterocycles. The van der Waals surface area contributed by atoms with E-state index in [0.717, 1.165) is 0 Å². The molecule has 13 heavy (non-hydrogen) atoms. The van der Waals surface area contributed by atoms with Gasteiger partial charge in [-0.05, 0) is 29.8 Å². The van der Waals surface area contributed by atoms with Crippen LogP contribution < -0.4 is 0 Å². The summed E-state index contributed by atoms with van der Waals surface area (Å²) in [6, 6.07) is 4.35. The first-order valence-corrected chi connectivity index (χ1v) is 4.60. The SMILES string of the molecule is O=S=Nc1ccc(Cl)c(C(=O)Cl)c1. The lowest BCUT2D eigenvalue weighted by molar-refractivity contribution is 0.108. The molecule has 0 atom stereocenters. The molecule has 0 saturated heterocycles. The maximum absolute atomic E-state index is 10.8. The predicted octanol–water partition coefficient (Wildman–Crippen LogP) is 2.75. The van der Waals surface area contributed by atoms with Gasteiger partial charge in [0, 0.05) is 0 Å². The molecule has 6 heteroatoms. The summed E-state index contributed by atoms with van der Waals surface area (Å²) in [6.07, 6.45) is 0. The van der Waals surface area contributed by atoms with E-state index in [4.69, 9.17) is 23.2 Å². The Bertz CT molecular complexity index is 401. The average Bonchev–Trinajstić information content (AvgIpc) is 2.08. The molecule has 0 unspecified atom stereocenters. The molecule has 3 nitrogen and oxygen atoms in total. The lowest BCUT2D eigenvalue weighted by Crippen LogP contribution is -1.88. The lowest BCUT2D eigenvalue weighted by Gasteiger charge is -1.97. The van der Waals surface area contributed by atoms with Gasteiger partial charge in [-0.1, -0.05) is 11.6 Å².